The number of aliphatic carboxylic acids is 1. The van der Waals surface area contributed by atoms with E-state index in [1.165, 1.54) is 17.4 Å². The summed E-state index contributed by atoms with van der Waals surface area (Å²) in [5, 5.41) is 9.48. The second-order valence-electron chi connectivity index (χ2n) is 4.44. The van der Waals surface area contributed by atoms with Gasteiger partial charge >= 0.3 is 5.97 Å². The molecule has 0 spiro atoms. The van der Waals surface area contributed by atoms with Crippen LogP contribution >= 0.6 is 11.3 Å². The van der Waals surface area contributed by atoms with Crippen molar-refractivity contribution in [3.05, 3.63) is 45.7 Å². The molecule has 0 radical (unpaired) electrons. The Bertz CT molecular complexity index is 627. The van der Waals surface area contributed by atoms with Gasteiger partial charge in [0.25, 0.3) is 0 Å². The Labute approximate surface area is 126 Å². The first-order valence-corrected chi connectivity index (χ1v) is 7.48. The first-order chi connectivity index (χ1) is 10.1. The molecule has 1 heterocycles. The smallest absolute Gasteiger partial charge is 0.303 e. The van der Waals surface area contributed by atoms with Crippen molar-refractivity contribution in [1.29, 1.82) is 0 Å². The Kier molecular flexibility index (Phi) is 5.27. The van der Waals surface area contributed by atoms with E-state index in [0.717, 1.165) is 22.0 Å². The summed E-state index contributed by atoms with van der Waals surface area (Å²) in [6, 6.07) is 6.21. The quantitative estimate of drug-likeness (QED) is 0.851. The molecule has 0 aliphatic rings. The molecule has 1 aromatic carbocycles. The Morgan fingerprint density at radius 2 is 2.19 bits per heavy atom. The molecule has 0 amide bonds. The van der Waals surface area contributed by atoms with Crippen LogP contribution < -0.4 is 4.74 Å². The van der Waals surface area contributed by atoms with Gasteiger partial charge in [0.15, 0.2) is 11.6 Å². The third kappa shape index (κ3) is 4.26. The molecule has 2 aromatic rings. The molecule has 2 rings (SSSR count). The maximum atomic E-state index is 13.4. The molecule has 0 aliphatic heterocycles. The number of rotatable bonds is 7. The zero-order valence-electron chi connectivity index (χ0n) is 11.6. The fourth-order valence-electron chi connectivity index (χ4n) is 1.89. The van der Waals surface area contributed by atoms with Gasteiger partial charge in [0.2, 0.25) is 0 Å². The summed E-state index contributed by atoms with van der Waals surface area (Å²) in [4.78, 5) is 16.0. The molecule has 112 valence electrons. The maximum Gasteiger partial charge on any atom is 0.303 e. The van der Waals surface area contributed by atoms with Crippen LogP contribution in [-0.2, 0) is 24.2 Å². The van der Waals surface area contributed by atoms with Gasteiger partial charge in [-0.05, 0) is 25.0 Å². The van der Waals surface area contributed by atoms with Crippen molar-refractivity contribution in [3.63, 3.8) is 0 Å². The highest BCUT2D eigenvalue weighted by Crippen LogP contribution is 2.23. The standard InChI is InChI=1S/C15H16FNO3S/c1-2-11-13(7-8-15(18)19)21-14(17-11)9-20-12-6-4-3-5-10(12)16/h3-6H,2,7-9H2,1H3,(H,18,19). The van der Waals surface area contributed by atoms with E-state index in [4.69, 9.17) is 9.84 Å². The molecule has 0 saturated carbocycles. The Morgan fingerprint density at radius 1 is 1.43 bits per heavy atom. The predicted molar refractivity (Wildman–Crippen MR) is 78.2 cm³/mol. The molecular weight excluding hydrogens is 293 g/mol. The molecule has 1 aromatic heterocycles. The Morgan fingerprint density at radius 3 is 2.86 bits per heavy atom. The van der Waals surface area contributed by atoms with E-state index in [2.05, 4.69) is 4.98 Å². The predicted octanol–water partition coefficient (Wildman–Crippen LogP) is 3.44. The molecule has 0 saturated heterocycles. The number of hydrogen-bond donors (Lipinski definition) is 1. The van der Waals surface area contributed by atoms with Gasteiger partial charge < -0.3 is 9.84 Å². The number of benzene rings is 1. The van der Waals surface area contributed by atoms with Crippen LogP contribution in [0, 0.1) is 5.82 Å². The van der Waals surface area contributed by atoms with Crippen molar-refractivity contribution in [3.8, 4) is 5.75 Å². The summed E-state index contributed by atoms with van der Waals surface area (Å²) in [5.74, 6) is -1.04. The molecule has 1 N–H and O–H groups in total. The van der Waals surface area contributed by atoms with Crippen LogP contribution in [0.5, 0.6) is 5.75 Å². The van der Waals surface area contributed by atoms with Crippen LogP contribution in [0.15, 0.2) is 24.3 Å². The Balaban J connectivity index is 2.03. The normalized spacial score (nSPS) is 10.6. The Hall–Kier alpha value is -1.95. The number of para-hydroxylation sites is 1. The lowest BCUT2D eigenvalue weighted by Crippen LogP contribution is -1.98. The number of carboxylic acid groups (broad SMARTS) is 1. The fraction of sp³-hybridized carbons (Fsp3) is 0.333. The lowest BCUT2D eigenvalue weighted by atomic mass is 10.2. The van der Waals surface area contributed by atoms with Crippen molar-refractivity contribution >= 4 is 17.3 Å². The molecule has 0 atom stereocenters. The zero-order chi connectivity index (χ0) is 15.2. The number of nitrogens with zero attached hydrogens (tertiary/aromatic N) is 1. The third-order valence-corrected chi connectivity index (χ3v) is 4.04. The van der Waals surface area contributed by atoms with Gasteiger partial charge in [0, 0.05) is 4.88 Å². The van der Waals surface area contributed by atoms with E-state index in [1.54, 1.807) is 18.2 Å². The van der Waals surface area contributed by atoms with Crippen molar-refractivity contribution < 1.29 is 19.0 Å². The van der Waals surface area contributed by atoms with Crippen LogP contribution in [0.4, 0.5) is 4.39 Å². The lowest BCUT2D eigenvalue weighted by molar-refractivity contribution is -0.136. The third-order valence-electron chi connectivity index (χ3n) is 2.91. The molecule has 4 nitrogen and oxygen atoms in total. The second-order valence-corrected chi connectivity index (χ2v) is 5.61. The minimum atomic E-state index is -0.824. The highest BCUT2D eigenvalue weighted by atomic mass is 32.1. The number of aryl methyl sites for hydroxylation is 2. The van der Waals surface area contributed by atoms with Crippen molar-refractivity contribution in [2.24, 2.45) is 0 Å². The minimum Gasteiger partial charge on any atom is -0.483 e. The molecule has 21 heavy (non-hydrogen) atoms. The summed E-state index contributed by atoms with van der Waals surface area (Å²) in [6.45, 7) is 2.16. The van der Waals surface area contributed by atoms with Gasteiger partial charge in [0.1, 0.15) is 11.6 Å². The average molecular weight is 309 g/mol. The number of carbonyl (C=O) groups is 1. The van der Waals surface area contributed by atoms with E-state index < -0.39 is 11.8 Å². The minimum absolute atomic E-state index is 0.0861. The van der Waals surface area contributed by atoms with Gasteiger partial charge in [-0.25, -0.2) is 9.37 Å². The fourth-order valence-corrected chi connectivity index (χ4v) is 2.96. The first kappa shape index (κ1) is 15.4. The first-order valence-electron chi connectivity index (χ1n) is 6.66. The van der Waals surface area contributed by atoms with Crippen LogP contribution in [-0.4, -0.2) is 16.1 Å². The molecule has 0 unspecified atom stereocenters. The van der Waals surface area contributed by atoms with Crippen LogP contribution in [0.3, 0.4) is 0 Å². The summed E-state index contributed by atoms with van der Waals surface area (Å²) < 4.78 is 18.9. The number of halogens is 1. The number of thiazole rings is 1. The van der Waals surface area contributed by atoms with E-state index in [-0.39, 0.29) is 18.8 Å². The van der Waals surface area contributed by atoms with Gasteiger partial charge in [-0.2, -0.15) is 0 Å². The van der Waals surface area contributed by atoms with Crippen LogP contribution in [0.25, 0.3) is 0 Å². The molecule has 0 fully saturated rings. The van der Waals surface area contributed by atoms with Gasteiger partial charge in [0.05, 0.1) is 12.1 Å². The average Bonchev–Trinajstić information content (AvgIpc) is 2.86. The molecular formula is C15H16FNO3S. The van der Waals surface area contributed by atoms with E-state index >= 15 is 0 Å². The second kappa shape index (κ2) is 7.17. The molecule has 0 aliphatic carbocycles. The summed E-state index contributed by atoms with van der Waals surface area (Å²) in [6.07, 6.45) is 1.30. The zero-order valence-corrected chi connectivity index (χ0v) is 12.5. The van der Waals surface area contributed by atoms with Gasteiger partial charge in [-0.15, -0.1) is 11.3 Å². The van der Waals surface area contributed by atoms with Crippen LogP contribution in [0.2, 0.25) is 0 Å². The van der Waals surface area contributed by atoms with Crippen LogP contribution in [0.1, 0.15) is 28.9 Å². The number of hydrogen-bond acceptors (Lipinski definition) is 4. The highest BCUT2D eigenvalue weighted by Gasteiger charge is 2.12. The lowest BCUT2D eigenvalue weighted by Gasteiger charge is -2.04. The number of aromatic nitrogens is 1. The van der Waals surface area contributed by atoms with Gasteiger partial charge in [-0.3, -0.25) is 4.79 Å². The SMILES string of the molecule is CCc1nc(COc2ccccc2F)sc1CCC(=O)O. The largest absolute Gasteiger partial charge is 0.483 e. The van der Waals surface area contributed by atoms with E-state index in [1.807, 2.05) is 6.92 Å². The van der Waals surface area contributed by atoms with Crippen molar-refractivity contribution in [2.45, 2.75) is 32.8 Å². The number of carboxylic acids is 1. The van der Waals surface area contributed by atoms with Crippen molar-refractivity contribution in [2.75, 3.05) is 0 Å². The summed E-state index contributed by atoms with van der Waals surface area (Å²) >= 11 is 1.43. The van der Waals surface area contributed by atoms with E-state index in [0.29, 0.717) is 6.42 Å². The molecule has 6 heteroatoms. The van der Waals surface area contributed by atoms with Gasteiger partial charge in [-0.1, -0.05) is 19.1 Å². The monoisotopic (exact) mass is 309 g/mol. The number of ether oxygens (including phenoxy) is 1. The van der Waals surface area contributed by atoms with E-state index in [9.17, 15) is 9.18 Å². The van der Waals surface area contributed by atoms with Crippen molar-refractivity contribution in [1.82, 2.24) is 4.98 Å². The summed E-state index contributed by atoms with van der Waals surface area (Å²) in [7, 11) is 0. The topological polar surface area (TPSA) is 59.4 Å². The molecule has 0 bridgehead atoms. The summed E-state index contributed by atoms with van der Waals surface area (Å²) in [5.41, 5.74) is 0.897. The highest BCUT2D eigenvalue weighted by molar-refractivity contribution is 7.11. The maximum absolute atomic E-state index is 13.4.